The summed E-state index contributed by atoms with van der Waals surface area (Å²) in [6.45, 7) is 6.51. The second kappa shape index (κ2) is 6.31. The van der Waals surface area contributed by atoms with E-state index in [0.29, 0.717) is 5.82 Å². The number of hydrogen-bond acceptors (Lipinski definition) is 3. The average Bonchev–Trinajstić information content (AvgIpc) is 3.17. The number of para-hydroxylation sites is 1. The van der Waals surface area contributed by atoms with Gasteiger partial charge in [-0.15, -0.1) is 0 Å². The minimum Gasteiger partial charge on any atom is -0.328 e. The molecule has 0 aliphatic carbocycles. The van der Waals surface area contributed by atoms with Crippen molar-refractivity contribution in [3.05, 3.63) is 60.8 Å². The van der Waals surface area contributed by atoms with Gasteiger partial charge in [-0.2, -0.15) is 5.10 Å². The Morgan fingerprint density at radius 2 is 1.96 bits per heavy atom. The van der Waals surface area contributed by atoms with Crippen molar-refractivity contribution in [3.8, 4) is 5.69 Å². The van der Waals surface area contributed by atoms with Crippen LogP contribution < -0.4 is 5.32 Å². The molecule has 124 valence electrons. The molecule has 0 spiro atoms. The molecule has 1 aromatic carbocycles. The Labute approximate surface area is 141 Å². The van der Waals surface area contributed by atoms with Gasteiger partial charge in [0.1, 0.15) is 12.4 Å². The number of amides is 1. The Balaban J connectivity index is 1.90. The van der Waals surface area contributed by atoms with Crippen LogP contribution in [0.4, 0.5) is 5.82 Å². The number of benzene rings is 1. The third kappa shape index (κ3) is 3.53. The lowest BCUT2D eigenvalue weighted by Gasteiger charge is -2.14. The van der Waals surface area contributed by atoms with Gasteiger partial charge in [-0.25, -0.2) is 9.67 Å². The summed E-state index contributed by atoms with van der Waals surface area (Å²) in [6.07, 6.45) is 5.03. The first-order valence-corrected chi connectivity index (χ1v) is 7.85. The summed E-state index contributed by atoms with van der Waals surface area (Å²) >= 11 is 0. The van der Waals surface area contributed by atoms with Crippen LogP contribution in [0.15, 0.2) is 55.1 Å². The molecule has 3 rings (SSSR count). The van der Waals surface area contributed by atoms with Crippen LogP contribution in [0, 0.1) is 0 Å². The molecule has 24 heavy (non-hydrogen) atoms. The van der Waals surface area contributed by atoms with E-state index in [1.807, 2.05) is 36.4 Å². The normalized spacial score (nSPS) is 11.5. The molecule has 0 atom stereocenters. The number of nitrogens with zero attached hydrogens (tertiary/aromatic N) is 4. The molecule has 0 radical (unpaired) electrons. The Morgan fingerprint density at radius 1 is 1.21 bits per heavy atom. The second-order valence-electron chi connectivity index (χ2n) is 6.70. The fraction of sp³-hybridized carbons (Fsp3) is 0.278. The zero-order valence-corrected chi connectivity index (χ0v) is 14.1. The minimum absolute atomic E-state index is 0.107. The van der Waals surface area contributed by atoms with Gasteiger partial charge in [0.2, 0.25) is 5.91 Å². The van der Waals surface area contributed by atoms with Gasteiger partial charge in [0.15, 0.2) is 0 Å². The van der Waals surface area contributed by atoms with Crippen LogP contribution in [0.1, 0.15) is 26.5 Å². The Hall–Kier alpha value is -2.89. The van der Waals surface area contributed by atoms with Crippen LogP contribution in [0.2, 0.25) is 0 Å². The smallest absolute Gasteiger partial charge is 0.245 e. The standard InChI is InChI=1S/C18H21N5O/c1-18(2,3)15-11-16(20-17(24)12-22-10-9-19-13-22)23(21-15)14-7-5-4-6-8-14/h4-11,13H,12H2,1-3H3,(H,20,24). The molecule has 3 aromatic rings. The van der Waals surface area contributed by atoms with E-state index in [1.165, 1.54) is 0 Å². The molecule has 0 aliphatic rings. The number of rotatable bonds is 4. The summed E-state index contributed by atoms with van der Waals surface area (Å²) in [5.74, 6) is 0.543. The van der Waals surface area contributed by atoms with Gasteiger partial charge in [0.05, 0.1) is 17.7 Å². The molecule has 0 fully saturated rings. The van der Waals surface area contributed by atoms with E-state index < -0.39 is 0 Å². The summed E-state index contributed by atoms with van der Waals surface area (Å²) in [6, 6.07) is 11.7. The van der Waals surface area contributed by atoms with E-state index >= 15 is 0 Å². The van der Waals surface area contributed by atoms with Gasteiger partial charge in [-0.1, -0.05) is 39.0 Å². The highest BCUT2D eigenvalue weighted by Gasteiger charge is 2.21. The van der Waals surface area contributed by atoms with E-state index in [0.717, 1.165) is 11.4 Å². The number of anilines is 1. The summed E-state index contributed by atoms with van der Waals surface area (Å²) < 4.78 is 3.50. The van der Waals surface area contributed by atoms with Crippen molar-refractivity contribution in [1.29, 1.82) is 0 Å². The van der Waals surface area contributed by atoms with E-state index in [9.17, 15) is 4.79 Å². The molecule has 1 amide bonds. The Bertz CT molecular complexity index is 813. The zero-order valence-electron chi connectivity index (χ0n) is 14.1. The highest BCUT2D eigenvalue weighted by atomic mass is 16.2. The quantitative estimate of drug-likeness (QED) is 0.802. The summed E-state index contributed by atoms with van der Waals surface area (Å²) in [4.78, 5) is 16.3. The third-order valence-corrected chi connectivity index (χ3v) is 3.63. The minimum atomic E-state index is -0.120. The van der Waals surface area contributed by atoms with Crippen molar-refractivity contribution >= 4 is 11.7 Å². The Morgan fingerprint density at radius 3 is 2.58 bits per heavy atom. The SMILES string of the molecule is CC(C)(C)c1cc(NC(=O)Cn2ccnc2)n(-c2ccccc2)n1. The first-order chi connectivity index (χ1) is 11.4. The predicted octanol–water partition coefficient (Wildman–Crippen LogP) is 3.01. The number of hydrogen-bond donors (Lipinski definition) is 1. The number of carbonyl (C=O) groups is 1. The topological polar surface area (TPSA) is 64.7 Å². The molecule has 0 saturated heterocycles. The predicted molar refractivity (Wildman–Crippen MR) is 93.1 cm³/mol. The van der Waals surface area contributed by atoms with E-state index in [1.54, 1.807) is 28.0 Å². The summed E-state index contributed by atoms with van der Waals surface area (Å²) in [5.41, 5.74) is 1.72. The van der Waals surface area contributed by atoms with Crippen molar-refractivity contribution in [2.24, 2.45) is 0 Å². The molecule has 2 aromatic heterocycles. The fourth-order valence-electron chi connectivity index (χ4n) is 2.33. The van der Waals surface area contributed by atoms with E-state index in [-0.39, 0.29) is 17.9 Å². The van der Waals surface area contributed by atoms with E-state index in [4.69, 9.17) is 0 Å². The molecule has 6 heteroatoms. The van der Waals surface area contributed by atoms with Gasteiger partial charge in [0, 0.05) is 23.9 Å². The summed E-state index contributed by atoms with van der Waals surface area (Å²) in [7, 11) is 0. The van der Waals surface area contributed by atoms with Crippen molar-refractivity contribution in [3.63, 3.8) is 0 Å². The fourth-order valence-corrected chi connectivity index (χ4v) is 2.33. The molecule has 0 aliphatic heterocycles. The van der Waals surface area contributed by atoms with Crippen molar-refractivity contribution < 1.29 is 4.79 Å². The molecule has 0 bridgehead atoms. The van der Waals surface area contributed by atoms with Gasteiger partial charge < -0.3 is 9.88 Å². The lowest BCUT2D eigenvalue weighted by molar-refractivity contribution is -0.116. The maximum absolute atomic E-state index is 12.3. The molecule has 6 nitrogen and oxygen atoms in total. The van der Waals surface area contributed by atoms with Gasteiger partial charge in [-0.3, -0.25) is 4.79 Å². The summed E-state index contributed by atoms with van der Waals surface area (Å²) in [5, 5.41) is 7.64. The number of aromatic nitrogens is 4. The third-order valence-electron chi connectivity index (χ3n) is 3.63. The molecule has 0 unspecified atom stereocenters. The monoisotopic (exact) mass is 323 g/mol. The van der Waals surface area contributed by atoms with Crippen LogP contribution in [0.5, 0.6) is 0 Å². The first kappa shape index (κ1) is 16.0. The first-order valence-electron chi connectivity index (χ1n) is 7.85. The Kier molecular flexibility index (Phi) is 4.20. The highest BCUT2D eigenvalue weighted by molar-refractivity contribution is 5.90. The largest absolute Gasteiger partial charge is 0.328 e. The zero-order chi connectivity index (χ0) is 17.2. The lowest BCUT2D eigenvalue weighted by atomic mass is 9.92. The number of nitrogens with one attached hydrogen (secondary N) is 1. The molecule has 1 N–H and O–H groups in total. The average molecular weight is 323 g/mol. The maximum Gasteiger partial charge on any atom is 0.245 e. The van der Waals surface area contributed by atoms with Crippen LogP contribution in [0.25, 0.3) is 5.69 Å². The van der Waals surface area contributed by atoms with Gasteiger partial charge in [0.25, 0.3) is 0 Å². The van der Waals surface area contributed by atoms with Gasteiger partial charge >= 0.3 is 0 Å². The molecular formula is C18H21N5O. The van der Waals surface area contributed by atoms with E-state index in [2.05, 4.69) is 36.2 Å². The van der Waals surface area contributed by atoms with Crippen LogP contribution in [-0.2, 0) is 16.8 Å². The van der Waals surface area contributed by atoms with Crippen LogP contribution >= 0.6 is 0 Å². The van der Waals surface area contributed by atoms with Crippen molar-refractivity contribution in [1.82, 2.24) is 19.3 Å². The number of imidazole rings is 1. The highest BCUT2D eigenvalue weighted by Crippen LogP contribution is 2.26. The molecular weight excluding hydrogens is 302 g/mol. The lowest BCUT2D eigenvalue weighted by Crippen LogP contribution is -2.19. The van der Waals surface area contributed by atoms with Crippen LogP contribution in [0.3, 0.4) is 0 Å². The molecule has 2 heterocycles. The van der Waals surface area contributed by atoms with Gasteiger partial charge in [-0.05, 0) is 12.1 Å². The number of carbonyl (C=O) groups excluding carboxylic acids is 1. The van der Waals surface area contributed by atoms with Crippen LogP contribution in [-0.4, -0.2) is 25.2 Å². The van der Waals surface area contributed by atoms with Crippen molar-refractivity contribution in [2.45, 2.75) is 32.7 Å². The van der Waals surface area contributed by atoms with Crippen molar-refractivity contribution in [2.75, 3.05) is 5.32 Å². The maximum atomic E-state index is 12.3. The second-order valence-corrected chi connectivity index (χ2v) is 6.70. The molecule has 0 saturated carbocycles.